The number of nitrogens with one attached hydrogen (secondary N) is 1. The van der Waals surface area contributed by atoms with Crippen LogP contribution in [0.2, 0.25) is 10.0 Å². The van der Waals surface area contributed by atoms with E-state index >= 15 is 0 Å². The summed E-state index contributed by atoms with van der Waals surface area (Å²) in [6.07, 6.45) is 1.34. The van der Waals surface area contributed by atoms with Crippen LogP contribution in [0.25, 0.3) is 0 Å². The fourth-order valence-electron chi connectivity index (χ4n) is 2.73. The third kappa shape index (κ3) is 2.11. The van der Waals surface area contributed by atoms with Crippen LogP contribution in [0, 0.1) is 0 Å². The minimum Gasteiger partial charge on any atom is -0.294 e. The van der Waals surface area contributed by atoms with E-state index in [0.717, 1.165) is 0 Å². The normalized spacial score (nSPS) is 16.0. The number of fused-ring (bicyclic) bond motifs is 3. The van der Waals surface area contributed by atoms with E-state index in [9.17, 15) is 4.79 Å². The Morgan fingerprint density at radius 2 is 2.00 bits per heavy atom. The molecular weight excluding hydrogens is 355 g/mol. The lowest BCUT2D eigenvalue weighted by atomic mass is 10.1. The first-order valence-electron chi connectivity index (χ1n) is 6.99. The van der Waals surface area contributed by atoms with Crippen LogP contribution in [0.15, 0.2) is 29.4 Å². The molecule has 24 heavy (non-hydrogen) atoms. The van der Waals surface area contributed by atoms with Crippen molar-refractivity contribution in [3.8, 4) is 0 Å². The summed E-state index contributed by atoms with van der Waals surface area (Å²) in [5.41, 5.74) is 2.51. The zero-order valence-electron chi connectivity index (χ0n) is 12.1. The molecule has 2 aromatic rings. The van der Waals surface area contributed by atoms with Crippen molar-refractivity contribution in [2.45, 2.75) is 0 Å². The van der Waals surface area contributed by atoms with Gasteiger partial charge in [-0.05, 0) is 12.1 Å². The summed E-state index contributed by atoms with van der Waals surface area (Å²) in [5.74, 6) is 0.380. The zero-order valence-corrected chi connectivity index (χ0v) is 13.6. The van der Waals surface area contributed by atoms with Gasteiger partial charge in [0.05, 0.1) is 22.3 Å². The summed E-state index contributed by atoms with van der Waals surface area (Å²) < 4.78 is 0. The standard InChI is InChI=1S/C14H10Cl2N6O2/c15-8-2-1-3-9(16)10(8)22-12(23)7-6-18-13(20-24)19-11(7)21-5-4-17-14(21)22/h1-3,6,24H,4-5H2,(H,18,19,20). The highest BCUT2D eigenvalue weighted by Gasteiger charge is 2.41. The van der Waals surface area contributed by atoms with E-state index in [0.29, 0.717) is 40.6 Å². The van der Waals surface area contributed by atoms with Crippen LogP contribution >= 0.6 is 23.2 Å². The molecule has 0 bridgehead atoms. The molecule has 1 aromatic carbocycles. The molecule has 10 heteroatoms. The van der Waals surface area contributed by atoms with Crippen molar-refractivity contribution in [3.63, 3.8) is 0 Å². The topological polar surface area (TPSA) is 93.9 Å². The fourth-order valence-corrected chi connectivity index (χ4v) is 3.29. The van der Waals surface area contributed by atoms with Crippen LogP contribution in [-0.2, 0) is 0 Å². The second kappa shape index (κ2) is 5.59. The molecule has 8 nitrogen and oxygen atoms in total. The number of aromatic nitrogens is 2. The van der Waals surface area contributed by atoms with E-state index < -0.39 is 0 Å². The van der Waals surface area contributed by atoms with E-state index in [2.05, 4.69) is 15.0 Å². The molecule has 4 rings (SSSR count). The Hall–Kier alpha value is -2.42. The summed E-state index contributed by atoms with van der Waals surface area (Å²) in [4.78, 5) is 28.6. The van der Waals surface area contributed by atoms with Gasteiger partial charge in [-0.15, -0.1) is 0 Å². The zero-order chi connectivity index (χ0) is 16.8. The molecule has 0 unspecified atom stereocenters. The minimum absolute atomic E-state index is 0.00275. The molecule has 1 aromatic heterocycles. The maximum absolute atomic E-state index is 13.0. The van der Waals surface area contributed by atoms with Crippen molar-refractivity contribution >= 4 is 52.5 Å². The Labute approximate surface area is 146 Å². The number of guanidine groups is 1. The first-order chi connectivity index (χ1) is 11.6. The molecule has 0 spiro atoms. The Morgan fingerprint density at radius 3 is 2.71 bits per heavy atom. The molecule has 1 amide bonds. The first kappa shape index (κ1) is 15.1. The summed E-state index contributed by atoms with van der Waals surface area (Å²) in [6, 6.07) is 5.01. The third-order valence-electron chi connectivity index (χ3n) is 3.74. The number of hydrogen-bond acceptors (Lipinski definition) is 7. The highest BCUT2D eigenvalue weighted by Crippen LogP contribution is 2.39. The number of carbonyl (C=O) groups excluding carboxylic acids is 1. The Morgan fingerprint density at radius 1 is 1.25 bits per heavy atom. The Balaban J connectivity index is 1.93. The Kier molecular flexibility index (Phi) is 3.52. The molecule has 0 atom stereocenters. The lowest BCUT2D eigenvalue weighted by molar-refractivity contribution is 0.0999. The number of hydrogen-bond donors (Lipinski definition) is 2. The first-order valence-corrected chi connectivity index (χ1v) is 7.75. The van der Waals surface area contributed by atoms with E-state index in [1.165, 1.54) is 11.1 Å². The van der Waals surface area contributed by atoms with Gasteiger partial charge in [0, 0.05) is 12.7 Å². The molecule has 0 fully saturated rings. The van der Waals surface area contributed by atoms with Crippen molar-refractivity contribution in [2.75, 3.05) is 28.4 Å². The molecule has 2 aliphatic heterocycles. The minimum atomic E-state index is -0.388. The molecule has 0 radical (unpaired) electrons. The number of nitrogens with zero attached hydrogens (tertiary/aromatic N) is 5. The lowest BCUT2D eigenvalue weighted by Gasteiger charge is -2.35. The number of anilines is 3. The van der Waals surface area contributed by atoms with Crippen LogP contribution in [-0.4, -0.2) is 40.1 Å². The maximum Gasteiger partial charge on any atom is 0.270 e. The fraction of sp³-hybridized carbons (Fsp3) is 0.143. The van der Waals surface area contributed by atoms with Crippen molar-refractivity contribution in [3.05, 3.63) is 40.0 Å². The molecule has 122 valence electrons. The molecular formula is C14H10Cl2N6O2. The predicted octanol–water partition coefficient (Wildman–Crippen LogP) is 2.42. The molecule has 2 N–H and O–H groups in total. The van der Waals surface area contributed by atoms with E-state index in [1.54, 1.807) is 23.1 Å². The van der Waals surface area contributed by atoms with Crippen molar-refractivity contribution in [1.82, 2.24) is 9.97 Å². The van der Waals surface area contributed by atoms with Gasteiger partial charge in [-0.3, -0.25) is 19.9 Å². The van der Waals surface area contributed by atoms with Crippen LogP contribution in [0.4, 0.5) is 17.5 Å². The molecule has 0 saturated heterocycles. The summed E-state index contributed by atoms with van der Waals surface area (Å²) in [5, 5.41) is 9.67. The van der Waals surface area contributed by atoms with Gasteiger partial charge in [-0.1, -0.05) is 29.3 Å². The van der Waals surface area contributed by atoms with Gasteiger partial charge in [0.15, 0.2) is 5.82 Å². The van der Waals surface area contributed by atoms with Crippen molar-refractivity contribution in [2.24, 2.45) is 4.99 Å². The highest BCUT2D eigenvalue weighted by atomic mass is 35.5. The second-order valence-electron chi connectivity index (χ2n) is 5.09. The smallest absolute Gasteiger partial charge is 0.270 e. The molecule has 0 aliphatic carbocycles. The SMILES string of the molecule is O=C1c2cnc(NO)nc2N2CCN=C2N1c1c(Cl)cccc1Cl. The molecule has 3 heterocycles. The largest absolute Gasteiger partial charge is 0.294 e. The van der Waals surface area contributed by atoms with Crippen LogP contribution in [0.5, 0.6) is 0 Å². The second-order valence-corrected chi connectivity index (χ2v) is 5.90. The van der Waals surface area contributed by atoms with Gasteiger partial charge in [0.1, 0.15) is 5.56 Å². The summed E-state index contributed by atoms with van der Waals surface area (Å²) in [6.45, 7) is 1.03. The predicted molar refractivity (Wildman–Crippen MR) is 90.4 cm³/mol. The number of carbonyl (C=O) groups is 1. The van der Waals surface area contributed by atoms with Crippen LogP contribution in [0.1, 0.15) is 10.4 Å². The van der Waals surface area contributed by atoms with Gasteiger partial charge in [-0.25, -0.2) is 15.4 Å². The number of aliphatic imine (C=N–C) groups is 1. The molecule has 0 saturated carbocycles. The van der Waals surface area contributed by atoms with E-state index in [1.807, 2.05) is 5.48 Å². The lowest BCUT2D eigenvalue weighted by Crippen LogP contribution is -2.51. The Bertz CT molecular complexity index is 867. The van der Waals surface area contributed by atoms with Crippen molar-refractivity contribution in [1.29, 1.82) is 0 Å². The average molecular weight is 365 g/mol. The number of amides is 1. The van der Waals surface area contributed by atoms with E-state index in [-0.39, 0.29) is 17.4 Å². The quantitative estimate of drug-likeness (QED) is 0.794. The van der Waals surface area contributed by atoms with Gasteiger partial charge in [-0.2, -0.15) is 4.98 Å². The van der Waals surface area contributed by atoms with Gasteiger partial charge < -0.3 is 0 Å². The molecule has 2 aliphatic rings. The van der Waals surface area contributed by atoms with E-state index in [4.69, 9.17) is 28.4 Å². The van der Waals surface area contributed by atoms with Crippen LogP contribution < -0.4 is 15.3 Å². The highest BCUT2D eigenvalue weighted by molar-refractivity contribution is 6.43. The number of benzene rings is 1. The van der Waals surface area contributed by atoms with Gasteiger partial charge >= 0.3 is 0 Å². The number of rotatable bonds is 2. The van der Waals surface area contributed by atoms with Gasteiger partial charge in [0.25, 0.3) is 5.91 Å². The number of para-hydroxylation sites is 1. The maximum atomic E-state index is 13.0. The van der Waals surface area contributed by atoms with Gasteiger partial charge in [0.2, 0.25) is 11.9 Å². The summed E-state index contributed by atoms with van der Waals surface area (Å²) >= 11 is 12.5. The third-order valence-corrected chi connectivity index (χ3v) is 4.35. The van der Waals surface area contributed by atoms with Crippen molar-refractivity contribution < 1.29 is 10.0 Å². The number of halogens is 2. The average Bonchev–Trinajstić information content (AvgIpc) is 3.06. The monoisotopic (exact) mass is 364 g/mol. The summed E-state index contributed by atoms with van der Waals surface area (Å²) in [7, 11) is 0. The van der Waals surface area contributed by atoms with Crippen LogP contribution in [0.3, 0.4) is 0 Å².